The van der Waals surface area contributed by atoms with E-state index in [-0.39, 0.29) is 41.8 Å². The van der Waals surface area contributed by atoms with Crippen molar-refractivity contribution in [3.05, 3.63) is 59.7 Å². The molecule has 9 heteroatoms. The van der Waals surface area contributed by atoms with Gasteiger partial charge in [0.15, 0.2) is 0 Å². The molecule has 1 aliphatic rings. The van der Waals surface area contributed by atoms with Crippen molar-refractivity contribution in [2.24, 2.45) is 0 Å². The van der Waals surface area contributed by atoms with Gasteiger partial charge in [-0.3, -0.25) is 9.59 Å². The van der Waals surface area contributed by atoms with E-state index in [1.54, 1.807) is 0 Å². The Balaban J connectivity index is 1.90. The Hall–Kier alpha value is -2.91. The monoisotopic (exact) mass is 446 g/mol. The van der Waals surface area contributed by atoms with Crippen LogP contribution < -0.4 is 9.46 Å². The Labute approximate surface area is 182 Å². The number of benzene rings is 2. The third kappa shape index (κ3) is 6.05. The van der Waals surface area contributed by atoms with E-state index in [2.05, 4.69) is 4.72 Å². The average molecular weight is 447 g/mol. The molecule has 1 saturated carbocycles. The molecule has 1 aliphatic carbocycles. The van der Waals surface area contributed by atoms with Crippen LogP contribution in [0, 0.1) is 0 Å². The van der Waals surface area contributed by atoms with Gasteiger partial charge in [0.25, 0.3) is 5.91 Å². The average Bonchev–Trinajstić information content (AvgIpc) is 3.59. The molecule has 0 heterocycles. The van der Waals surface area contributed by atoms with Gasteiger partial charge in [-0.05, 0) is 36.6 Å². The maximum atomic E-state index is 13.3. The van der Waals surface area contributed by atoms with Crippen LogP contribution in [0.3, 0.4) is 0 Å². The van der Waals surface area contributed by atoms with Crippen LogP contribution in [0.5, 0.6) is 5.75 Å². The maximum absolute atomic E-state index is 13.3. The van der Waals surface area contributed by atoms with E-state index < -0.39 is 21.9 Å². The second-order valence-corrected chi connectivity index (χ2v) is 8.98. The number of nitrogens with zero attached hydrogens (tertiary/aromatic N) is 1. The summed E-state index contributed by atoms with van der Waals surface area (Å²) in [7, 11) is -1.16. The molecule has 2 aromatic rings. The number of methoxy groups -OCH3 is 2. The molecule has 0 spiro atoms. The number of carbonyl (C=O) groups excluding carboxylic acids is 2. The highest BCUT2D eigenvalue weighted by Crippen LogP contribution is 2.29. The lowest BCUT2D eigenvalue weighted by molar-refractivity contribution is -0.140. The third-order valence-corrected chi connectivity index (χ3v) is 6.46. The number of rotatable bonds is 10. The number of sulfonamides is 1. The zero-order valence-corrected chi connectivity index (χ0v) is 18.4. The van der Waals surface area contributed by atoms with E-state index in [0.717, 1.165) is 18.4 Å². The third-order valence-electron chi connectivity index (χ3n) is 4.92. The minimum atomic E-state index is -3.83. The highest BCUT2D eigenvalue weighted by Gasteiger charge is 2.31. The highest BCUT2D eigenvalue weighted by molar-refractivity contribution is 7.89. The van der Waals surface area contributed by atoms with Gasteiger partial charge >= 0.3 is 5.97 Å². The van der Waals surface area contributed by atoms with Crippen LogP contribution in [0.1, 0.15) is 35.2 Å². The van der Waals surface area contributed by atoms with Crippen molar-refractivity contribution in [3.8, 4) is 5.75 Å². The number of nitrogens with one attached hydrogen (secondary N) is 1. The minimum absolute atomic E-state index is 0.0274. The predicted molar refractivity (Wildman–Crippen MR) is 114 cm³/mol. The summed E-state index contributed by atoms with van der Waals surface area (Å²) >= 11 is 0. The zero-order valence-electron chi connectivity index (χ0n) is 17.5. The van der Waals surface area contributed by atoms with Crippen LogP contribution in [0.25, 0.3) is 0 Å². The first-order chi connectivity index (χ1) is 14.8. The molecule has 2 aromatic carbocycles. The molecule has 0 atom stereocenters. The van der Waals surface area contributed by atoms with E-state index in [1.165, 1.54) is 37.3 Å². The van der Waals surface area contributed by atoms with Crippen molar-refractivity contribution >= 4 is 21.9 Å². The molecule has 1 fully saturated rings. The molecule has 166 valence electrons. The molecule has 8 nitrogen and oxygen atoms in total. The Morgan fingerprint density at radius 1 is 1.10 bits per heavy atom. The van der Waals surface area contributed by atoms with Crippen LogP contribution in [0.15, 0.2) is 53.4 Å². The van der Waals surface area contributed by atoms with E-state index in [9.17, 15) is 18.0 Å². The lowest BCUT2D eigenvalue weighted by Crippen LogP contribution is -2.33. The van der Waals surface area contributed by atoms with Gasteiger partial charge in [0.1, 0.15) is 10.6 Å². The van der Waals surface area contributed by atoms with Gasteiger partial charge in [0.05, 0.1) is 20.6 Å². The summed E-state index contributed by atoms with van der Waals surface area (Å²) in [5, 5.41) is 0. The lowest BCUT2D eigenvalue weighted by Gasteiger charge is -2.23. The number of ether oxygens (including phenoxy) is 2. The van der Waals surface area contributed by atoms with Crippen molar-refractivity contribution in [3.63, 3.8) is 0 Å². The fraction of sp³-hybridized carbons (Fsp3) is 0.364. The number of amides is 1. The van der Waals surface area contributed by atoms with Crippen LogP contribution in [-0.4, -0.2) is 52.0 Å². The van der Waals surface area contributed by atoms with Crippen molar-refractivity contribution in [1.82, 2.24) is 9.62 Å². The summed E-state index contributed by atoms with van der Waals surface area (Å²) < 4.78 is 38.1. The van der Waals surface area contributed by atoms with Crippen molar-refractivity contribution in [2.45, 2.75) is 36.7 Å². The molecule has 0 aromatic heterocycles. The molecular formula is C22H26N2O6S. The summed E-state index contributed by atoms with van der Waals surface area (Å²) in [5.41, 5.74) is 1.08. The summed E-state index contributed by atoms with van der Waals surface area (Å²) in [6.07, 6.45) is 1.61. The molecule has 0 unspecified atom stereocenters. The van der Waals surface area contributed by atoms with Gasteiger partial charge in [0.2, 0.25) is 10.0 Å². The van der Waals surface area contributed by atoms with Crippen LogP contribution in [0.2, 0.25) is 0 Å². The molecule has 0 saturated heterocycles. The van der Waals surface area contributed by atoms with Gasteiger partial charge in [-0.1, -0.05) is 30.3 Å². The predicted octanol–water partition coefficient (Wildman–Crippen LogP) is 2.34. The second kappa shape index (κ2) is 9.93. The first-order valence-electron chi connectivity index (χ1n) is 9.94. The standard InChI is InChI=1S/C22H26N2O6S/c1-29-19-11-8-17(14-20(19)31(27,28)23-18-9-10-18)22(26)24(13-12-21(25)30-2)15-16-6-4-3-5-7-16/h3-8,11,14,18,23H,9-10,12-13,15H2,1-2H3. The van der Waals surface area contributed by atoms with Crippen LogP contribution >= 0.6 is 0 Å². The van der Waals surface area contributed by atoms with E-state index >= 15 is 0 Å². The summed E-state index contributed by atoms with van der Waals surface area (Å²) in [6, 6.07) is 13.6. The minimum Gasteiger partial charge on any atom is -0.495 e. The van der Waals surface area contributed by atoms with Gasteiger partial charge in [-0.2, -0.15) is 0 Å². The highest BCUT2D eigenvalue weighted by atomic mass is 32.2. The Kier molecular flexibility index (Phi) is 7.29. The number of hydrogen-bond acceptors (Lipinski definition) is 6. The molecular weight excluding hydrogens is 420 g/mol. The van der Waals surface area contributed by atoms with Crippen molar-refractivity contribution in [1.29, 1.82) is 0 Å². The van der Waals surface area contributed by atoms with E-state index in [1.807, 2.05) is 30.3 Å². The molecule has 1 N–H and O–H groups in total. The molecule has 0 bridgehead atoms. The summed E-state index contributed by atoms with van der Waals surface area (Å²) in [6.45, 7) is 0.403. The topological polar surface area (TPSA) is 102 Å². The molecule has 0 radical (unpaired) electrons. The fourth-order valence-electron chi connectivity index (χ4n) is 3.07. The van der Waals surface area contributed by atoms with Crippen LogP contribution in [0.4, 0.5) is 0 Å². The van der Waals surface area contributed by atoms with Gasteiger partial charge in [-0.25, -0.2) is 13.1 Å². The largest absolute Gasteiger partial charge is 0.495 e. The molecule has 0 aliphatic heterocycles. The van der Waals surface area contributed by atoms with E-state index in [4.69, 9.17) is 9.47 Å². The zero-order chi connectivity index (χ0) is 22.4. The Morgan fingerprint density at radius 3 is 2.42 bits per heavy atom. The number of hydrogen-bond donors (Lipinski definition) is 1. The second-order valence-electron chi connectivity index (χ2n) is 7.30. The van der Waals surface area contributed by atoms with E-state index in [0.29, 0.717) is 0 Å². The molecule has 31 heavy (non-hydrogen) atoms. The van der Waals surface area contributed by atoms with Gasteiger partial charge in [-0.15, -0.1) is 0 Å². The lowest BCUT2D eigenvalue weighted by atomic mass is 10.1. The normalized spacial score (nSPS) is 13.5. The molecule has 1 amide bonds. The quantitative estimate of drug-likeness (QED) is 0.562. The first kappa shape index (κ1) is 22.8. The van der Waals surface area contributed by atoms with Gasteiger partial charge in [0, 0.05) is 24.7 Å². The SMILES string of the molecule is COC(=O)CCN(Cc1ccccc1)C(=O)c1ccc(OC)c(S(=O)(=O)NC2CC2)c1. The first-order valence-corrected chi connectivity index (χ1v) is 11.4. The Morgan fingerprint density at radius 2 is 1.81 bits per heavy atom. The van der Waals surface area contributed by atoms with Crippen molar-refractivity contribution in [2.75, 3.05) is 20.8 Å². The summed E-state index contributed by atoms with van der Waals surface area (Å²) in [4.78, 5) is 26.3. The number of esters is 1. The maximum Gasteiger partial charge on any atom is 0.307 e. The number of carbonyl (C=O) groups is 2. The fourth-order valence-corrected chi connectivity index (χ4v) is 4.57. The Bertz CT molecular complexity index is 1040. The van der Waals surface area contributed by atoms with Gasteiger partial charge < -0.3 is 14.4 Å². The summed E-state index contributed by atoms with van der Waals surface area (Å²) in [5.74, 6) is -0.662. The van der Waals surface area contributed by atoms with Crippen LogP contribution in [-0.2, 0) is 26.1 Å². The smallest absolute Gasteiger partial charge is 0.307 e. The van der Waals surface area contributed by atoms with Crippen molar-refractivity contribution < 1.29 is 27.5 Å². The molecule has 3 rings (SSSR count).